The van der Waals surface area contributed by atoms with E-state index in [0.717, 1.165) is 35.6 Å². The van der Waals surface area contributed by atoms with Gasteiger partial charge in [0.1, 0.15) is 11.3 Å². The zero-order valence-corrected chi connectivity index (χ0v) is 14.0. The number of hydrogen-bond donors (Lipinski definition) is 0. The predicted molar refractivity (Wildman–Crippen MR) is 88.8 cm³/mol. The summed E-state index contributed by atoms with van der Waals surface area (Å²) < 4.78 is 2.19. The molecule has 0 saturated carbocycles. The smallest absolute Gasteiger partial charge is 0.160 e. The number of nitrogens with zero attached hydrogens (tertiary/aromatic N) is 3. The number of pyridine rings is 1. The van der Waals surface area contributed by atoms with Crippen LogP contribution in [0.25, 0.3) is 11.2 Å². The normalized spacial score (nSPS) is 13.0. The van der Waals surface area contributed by atoms with Crippen molar-refractivity contribution in [3.05, 3.63) is 23.7 Å². The van der Waals surface area contributed by atoms with Crippen molar-refractivity contribution >= 4 is 34.5 Å². The van der Waals surface area contributed by atoms with Crippen LogP contribution in [0.4, 0.5) is 0 Å². The van der Waals surface area contributed by atoms with Gasteiger partial charge in [-0.05, 0) is 50.8 Å². The van der Waals surface area contributed by atoms with Crippen LogP contribution in [-0.2, 0) is 6.54 Å². The minimum Gasteiger partial charge on any atom is -0.311 e. The second-order valence-electron chi connectivity index (χ2n) is 5.09. The van der Waals surface area contributed by atoms with Crippen LogP contribution in [0.15, 0.2) is 12.1 Å². The van der Waals surface area contributed by atoms with Gasteiger partial charge in [0.2, 0.25) is 0 Å². The molecule has 20 heavy (non-hydrogen) atoms. The molecule has 1 unspecified atom stereocenters. The van der Waals surface area contributed by atoms with E-state index in [2.05, 4.69) is 20.8 Å². The molecule has 1 atom stereocenters. The van der Waals surface area contributed by atoms with Crippen molar-refractivity contribution in [1.82, 2.24) is 14.5 Å². The van der Waals surface area contributed by atoms with Crippen molar-refractivity contribution in [3.8, 4) is 0 Å². The van der Waals surface area contributed by atoms with Crippen molar-refractivity contribution in [2.75, 3.05) is 12.0 Å². The van der Waals surface area contributed by atoms with Gasteiger partial charge in [-0.1, -0.05) is 6.42 Å². The molecule has 0 amide bonds. The van der Waals surface area contributed by atoms with Gasteiger partial charge in [0.25, 0.3) is 0 Å². The molecule has 0 aliphatic carbocycles. The number of rotatable bonds is 7. The summed E-state index contributed by atoms with van der Waals surface area (Å²) in [6, 6.07) is 4.03. The molecule has 0 aliphatic rings. The van der Waals surface area contributed by atoms with Crippen LogP contribution in [0.5, 0.6) is 0 Å². The van der Waals surface area contributed by atoms with Crippen LogP contribution in [0.2, 0.25) is 0 Å². The number of aromatic nitrogens is 3. The number of aryl methyl sites for hydroxylation is 2. The minimum atomic E-state index is -0.0873. The molecule has 2 heterocycles. The Balaban J connectivity index is 2.19. The molecule has 0 bridgehead atoms. The van der Waals surface area contributed by atoms with E-state index in [1.165, 1.54) is 18.6 Å². The Morgan fingerprint density at radius 1 is 1.25 bits per heavy atom. The van der Waals surface area contributed by atoms with E-state index >= 15 is 0 Å². The molecule has 0 spiro atoms. The summed E-state index contributed by atoms with van der Waals surface area (Å²) in [7, 11) is 0. The lowest BCUT2D eigenvalue weighted by atomic mass is 10.2. The lowest BCUT2D eigenvalue weighted by Crippen LogP contribution is -2.06. The van der Waals surface area contributed by atoms with Crippen LogP contribution in [0.3, 0.4) is 0 Å². The second kappa shape index (κ2) is 7.32. The highest BCUT2D eigenvalue weighted by molar-refractivity contribution is 7.98. The first kappa shape index (κ1) is 15.6. The van der Waals surface area contributed by atoms with Gasteiger partial charge in [0.15, 0.2) is 5.65 Å². The number of unbranched alkanes of at least 4 members (excludes halogenated alkanes) is 2. The van der Waals surface area contributed by atoms with E-state index in [1.54, 1.807) is 0 Å². The predicted octanol–water partition coefficient (Wildman–Crippen LogP) is 4.57. The SMILES string of the molecule is CSCCCCCn1c(C(C)Cl)nc2ccc(C)nc21. The Labute approximate surface area is 130 Å². The largest absolute Gasteiger partial charge is 0.311 e. The van der Waals surface area contributed by atoms with E-state index in [-0.39, 0.29) is 5.38 Å². The Morgan fingerprint density at radius 3 is 2.75 bits per heavy atom. The lowest BCUT2D eigenvalue weighted by molar-refractivity contribution is 0.590. The van der Waals surface area contributed by atoms with Gasteiger partial charge in [-0.3, -0.25) is 0 Å². The molecule has 0 radical (unpaired) electrons. The van der Waals surface area contributed by atoms with Gasteiger partial charge in [-0.25, -0.2) is 9.97 Å². The average molecular weight is 312 g/mol. The first-order valence-corrected chi connectivity index (χ1v) is 8.93. The van der Waals surface area contributed by atoms with Crippen LogP contribution >= 0.6 is 23.4 Å². The van der Waals surface area contributed by atoms with Gasteiger partial charge in [0.05, 0.1) is 5.38 Å². The summed E-state index contributed by atoms with van der Waals surface area (Å²) in [6.45, 7) is 4.94. The van der Waals surface area contributed by atoms with E-state index in [4.69, 9.17) is 11.6 Å². The molecule has 2 rings (SSSR count). The summed E-state index contributed by atoms with van der Waals surface area (Å²) in [4.78, 5) is 9.26. The molecular weight excluding hydrogens is 290 g/mol. The third-order valence-electron chi connectivity index (χ3n) is 3.35. The Morgan fingerprint density at radius 2 is 2.05 bits per heavy atom. The standard InChI is InChI=1S/C15H22ClN3S/c1-11-7-8-13-15(17-11)19(14(18-13)12(2)16)9-5-4-6-10-20-3/h7-8,12H,4-6,9-10H2,1-3H3. The molecule has 2 aromatic rings. The minimum absolute atomic E-state index is 0.0873. The van der Waals surface area contributed by atoms with Crippen molar-refractivity contribution < 1.29 is 0 Å². The van der Waals surface area contributed by atoms with Crippen LogP contribution in [-0.4, -0.2) is 26.5 Å². The third-order valence-corrected chi connectivity index (χ3v) is 4.24. The maximum Gasteiger partial charge on any atom is 0.160 e. The number of hydrogen-bond acceptors (Lipinski definition) is 3. The van der Waals surface area contributed by atoms with Gasteiger partial charge in [0, 0.05) is 12.2 Å². The summed E-state index contributed by atoms with van der Waals surface area (Å²) in [5.41, 5.74) is 2.94. The monoisotopic (exact) mass is 311 g/mol. The van der Waals surface area contributed by atoms with E-state index in [0.29, 0.717) is 0 Å². The van der Waals surface area contributed by atoms with Crippen molar-refractivity contribution in [1.29, 1.82) is 0 Å². The number of halogens is 1. The fourth-order valence-electron chi connectivity index (χ4n) is 2.33. The van der Waals surface area contributed by atoms with Crippen molar-refractivity contribution in [2.45, 2.75) is 45.0 Å². The highest BCUT2D eigenvalue weighted by Crippen LogP contribution is 2.24. The Bertz CT molecular complexity index is 565. The number of fused-ring (bicyclic) bond motifs is 1. The second-order valence-corrected chi connectivity index (χ2v) is 6.73. The fraction of sp³-hybridized carbons (Fsp3) is 0.600. The van der Waals surface area contributed by atoms with Gasteiger partial charge in [-0.2, -0.15) is 11.8 Å². The molecule has 2 aromatic heterocycles. The van der Waals surface area contributed by atoms with E-state index < -0.39 is 0 Å². The molecule has 0 N–H and O–H groups in total. The van der Waals surface area contributed by atoms with Gasteiger partial charge >= 0.3 is 0 Å². The molecule has 3 nitrogen and oxygen atoms in total. The summed E-state index contributed by atoms with van der Waals surface area (Å²) in [6.07, 6.45) is 5.82. The quantitative estimate of drug-likeness (QED) is 0.554. The van der Waals surface area contributed by atoms with Crippen LogP contribution < -0.4 is 0 Å². The lowest BCUT2D eigenvalue weighted by Gasteiger charge is -2.10. The topological polar surface area (TPSA) is 30.7 Å². The van der Waals surface area contributed by atoms with Crippen molar-refractivity contribution in [2.24, 2.45) is 0 Å². The molecule has 0 saturated heterocycles. The molecule has 0 fully saturated rings. The fourth-order valence-corrected chi connectivity index (χ4v) is 2.99. The summed E-state index contributed by atoms with van der Waals surface area (Å²) in [5, 5.41) is -0.0873. The Hall–Kier alpha value is -0.740. The molecular formula is C15H22ClN3S. The number of alkyl halides is 1. The zero-order valence-electron chi connectivity index (χ0n) is 12.4. The number of thioether (sulfide) groups is 1. The first-order chi connectivity index (χ1) is 9.63. The number of imidazole rings is 1. The maximum atomic E-state index is 6.27. The molecule has 5 heteroatoms. The zero-order chi connectivity index (χ0) is 14.5. The van der Waals surface area contributed by atoms with E-state index in [1.807, 2.05) is 37.7 Å². The maximum absolute atomic E-state index is 6.27. The molecule has 0 aliphatic heterocycles. The molecule has 110 valence electrons. The van der Waals surface area contributed by atoms with Gasteiger partial charge < -0.3 is 4.57 Å². The van der Waals surface area contributed by atoms with Gasteiger partial charge in [-0.15, -0.1) is 11.6 Å². The highest BCUT2D eigenvalue weighted by Gasteiger charge is 2.15. The summed E-state index contributed by atoms with van der Waals surface area (Å²) in [5.74, 6) is 2.17. The van der Waals surface area contributed by atoms with E-state index in [9.17, 15) is 0 Å². The van der Waals surface area contributed by atoms with Crippen molar-refractivity contribution in [3.63, 3.8) is 0 Å². The third kappa shape index (κ3) is 3.67. The first-order valence-electron chi connectivity index (χ1n) is 7.10. The van der Waals surface area contributed by atoms with Crippen LogP contribution in [0.1, 0.15) is 43.1 Å². The Kier molecular flexibility index (Phi) is 5.73. The average Bonchev–Trinajstić information content (AvgIpc) is 2.77. The highest BCUT2D eigenvalue weighted by atomic mass is 35.5. The molecule has 0 aromatic carbocycles. The summed E-state index contributed by atoms with van der Waals surface area (Å²) >= 11 is 8.18. The van der Waals surface area contributed by atoms with Crippen LogP contribution in [0, 0.1) is 6.92 Å².